The zero-order chi connectivity index (χ0) is 15.2. The largest absolute Gasteiger partial charge is 0.395 e. The molecule has 114 valence electrons. The summed E-state index contributed by atoms with van der Waals surface area (Å²) in [5, 5.41) is 11.9. The standard InChI is InChI=1S/C16H22N2O3/c1-12(20)13-4-2-5-14(10-13)17-16(21)11-18(8-9-19)15-6-3-7-15/h2,4-5,10,15,19H,3,6-9,11H2,1H3,(H,17,21). The number of anilines is 1. The van der Waals surface area contributed by atoms with Gasteiger partial charge in [-0.2, -0.15) is 0 Å². The van der Waals surface area contributed by atoms with Gasteiger partial charge in [-0.1, -0.05) is 18.6 Å². The van der Waals surface area contributed by atoms with Gasteiger partial charge in [-0.25, -0.2) is 0 Å². The lowest BCUT2D eigenvalue weighted by atomic mass is 9.91. The third kappa shape index (κ3) is 4.37. The van der Waals surface area contributed by atoms with Gasteiger partial charge in [0.2, 0.25) is 5.91 Å². The fraction of sp³-hybridized carbons (Fsp3) is 0.500. The molecule has 1 aromatic carbocycles. The topological polar surface area (TPSA) is 69.6 Å². The number of Topliss-reactive ketones (excluding diaryl/α,β-unsaturated/α-hetero) is 1. The summed E-state index contributed by atoms with van der Waals surface area (Å²) in [7, 11) is 0. The molecule has 0 aliphatic heterocycles. The Morgan fingerprint density at radius 1 is 1.38 bits per heavy atom. The van der Waals surface area contributed by atoms with Crippen LogP contribution < -0.4 is 5.32 Å². The summed E-state index contributed by atoms with van der Waals surface area (Å²) in [5.41, 5.74) is 1.21. The van der Waals surface area contributed by atoms with Gasteiger partial charge < -0.3 is 10.4 Å². The van der Waals surface area contributed by atoms with Crippen LogP contribution in [-0.4, -0.2) is 47.4 Å². The van der Waals surface area contributed by atoms with Gasteiger partial charge in [-0.3, -0.25) is 14.5 Å². The summed E-state index contributed by atoms with van der Waals surface area (Å²) in [6.07, 6.45) is 3.37. The highest BCUT2D eigenvalue weighted by Gasteiger charge is 2.25. The number of ketones is 1. The third-order valence-electron chi connectivity index (χ3n) is 3.88. The van der Waals surface area contributed by atoms with Crippen LogP contribution in [0.1, 0.15) is 36.5 Å². The summed E-state index contributed by atoms with van der Waals surface area (Å²) in [6.45, 7) is 2.35. The molecule has 5 heteroatoms. The maximum atomic E-state index is 12.1. The van der Waals surface area contributed by atoms with Gasteiger partial charge in [0.25, 0.3) is 0 Å². The Morgan fingerprint density at radius 3 is 2.71 bits per heavy atom. The maximum absolute atomic E-state index is 12.1. The van der Waals surface area contributed by atoms with E-state index in [0.717, 1.165) is 12.8 Å². The normalized spacial score (nSPS) is 14.8. The Kier molecular flexibility index (Phi) is 5.47. The molecule has 1 amide bonds. The number of rotatable bonds is 7. The minimum atomic E-state index is -0.115. The van der Waals surface area contributed by atoms with E-state index < -0.39 is 0 Å². The van der Waals surface area contributed by atoms with Crippen molar-refractivity contribution >= 4 is 17.4 Å². The molecule has 5 nitrogen and oxygen atoms in total. The van der Waals surface area contributed by atoms with E-state index in [1.54, 1.807) is 24.3 Å². The van der Waals surface area contributed by atoms with Crippen LogP contribution in [0.25, 0.3) is 0 Å². The van der Waals surface area contributed by atoms with E-state index >= 15 is 0 Å². The highest BCUT2D eigenvalue weighted by molar-refractivity contribution is 5.97. The molecule has 2 rings (SSSR count). The zero-order valence-corrected chi connectivity index (χ0v) is 12.3. The van der Waals surface area contributed by atoms with Crippen LogP contribution in [0.3, 0.4) is 0 Å². The molecule has 1 aromatic rings. The van der Waals surface area contributed by atoms with Crippen LogP contribution in [0, 0.1) is 0 Å². The van der Waals surface area contributed by atoms with E-state index in [9.17, 15) is 9.59 Å². The quantitative estimate of drug-likeness (QED) is 0.750. The Morgan fingerprint density at radius 2 is 2.14 bits per heavy atom. The van der Waals surface area contributed by atoms with E-state index in [4.69, 9.17) is 5.11 Å². The number of hydrogen-bond acceptors (Lipinski definition) is 4. The molecule has 0 atom stereocenters. The highest BCUT2D eigenvalue weighted by Crippen LogP contribution is 2.24. The van der Waals surface area contributed by atoms with Crippen molar-refractivity contribution in [2.75, 3.05) is 25.0 Å². The van der Waals surface area contributed by atoms with E-state index in [1.165, 1.54) is 13.3 Å². The van der Waals surface area contributed by atoms with Gasteiger partial charge in [0.05, 0.1) is 13.2 Å². The van der Waals surface area contributed by atoms with Crippen molar-refractivity contribution < 1.29 is 14.7 Å². The Bertz CT molecular complexity index is 512. The van der Waals surface area contributed by atoms with Crippen LogP contribution in [0.15, 0.2) is 24.3 Å². The average Bonchev–Trinajstić information content (AvgIpc) is 2.37. The summed E-state index contributed by atoms with van der Waals surface area (Å²) in [4.78, 5) is 25.5. The third-order valence-corrected chi connectivity index (χ3v) is 3.88. The Labute approximate surface area is 125 Å². The molecule has 0 radical (unpaired) electrons. The molecule has 0 spiro atoms. The number of carbonyl (C=O) groups is 2. The van der Waals surface area contributed by atoms with Crippen LogP contribution in [-0.2, 0) is 4.79 Å². The first-order chi connectivity index (χ1) is 10.1. The van der Waals surface area contributed by atoms with E-state index in [-0.39, 0.29) is 24.8 Å². The molecule has 1 aliphatic rings. The molecule has 0 unspecified atom stereocenters. The first-order valence-electron chi connectivity index (χ1n) is 7.36. The maximum Gasteiger partial charge on any atom is 0.238 e. The van der Waals surface area contributed by atoms with Gasteiger partial charge in [-0.05, 0) is 31.9 Å². The summed E-state index contributed by atoms with van der Waals surface area (Å²) < 4.78 is 0. The molecule has 1 saturated carbocycles. The Hall–Kier alpha value is -1.72. The molecule has 1 fully saturated rings. The first-order valence-corrected chi connectivity index (χ1v) is 7.36. The highest BCUT2D eigenvalue weighted by atomic mass is 16.3. The number of carbonyl (C=O) groups excluding carboxylic acids is 2. The number of aliphatic hydroxyl groups is 1. The second-order valence-corrected chi connectivity index (χ2v) is 5.46. The summed E-state index contributed by atoms with van der Waals surface area (Å²) in [6, 6.07) is 7.34. The monoisotopic (exact) mass is 290 g/mol. The van der Waals surface area contributed by atoms with Crippen molar-refractivity contribution in [2.24, 2.45) is 0 Å². The molecule has 2 N–H and O–H groups in total. The van der Waals surface area contributed by atoms with Crippen molar-refractivity contribution in [2.45, 2.75) is 32.2 Å². The van der Waals surface area contributed by atoms with Crippen molar-refractivity contribution in [1.29, 1.82) is 0 Å². The van der Waals surface area contributed by atoms with Gasteiger partial charge in [0.1, 0.15) is 0 Å². The van der Waals surface area contributed by atoms with E-state index in [0.29, 0.717) is 23.8 Å². The molecule has 0 heterocycles. The van der Waals surface area contributed by atoms with Gasteiger partial charge in [-0.15, -0.1) is 0 Å². The summed E-state index contributed by atoms with van der Waals surface area (Å²) in [5.74, 6) is -0.140. The van der Waals surface area contributed by atoms with Crippen LogP contribution in [0.4, 0.5) is 5.69 Å². The van der Waals surface area contributed by atoms with E-state index in [2.05, 4.69) is 5.32 Å². The molecule has 1 aliphatic carbocycles. The number of amides is 1. The predicted molar refractivity (Wildman–Crippen MR) is 81.4 cm³/mol. The summed E-state index contributed by atoms with van der Waals surface area (Å²) >= 11 is 0. The van der Waals surface area contributed by atoms with Gasteiger partial charge in [0.15, 0.2) is 5.78 Å². The molecule has 0 bridgehead atoms. The fourth-order valence-electron chi connectivity index (χ4n) is 2.47. The number of hydrogen-bond donors (Lipinski definition) is 2. The minimum Gasteiger partial charge on any atom is -0.395 e. The predicted octanol–water partition coefficient (Wildman–Crippen LogP) is 1.67. The lowest BCUT2D eigenvalue weighted by Crippen LogP contribution is -2.45. The molecule has 0 aromatic heterocycles. The zero-order valence-electron chi connectivity index (χ0n) is 12.3. The number of nitrogens with zero attached hydrogens (tertiary/aromatic N) is 1. The minimum absolute atomic E-state index is 0.0255. The second kappa shape index (κ2) is 7.33. The molecular formula is C16H22N2O3. The fourth-order valence-corrected chi connectivity index (χ4v) is 2.47. The van der Waals surface area contributed by atoms with Gasteiger partial charge in [0, 0.05) is 23.8 Å². The SMILES string of the molecule is CC(=O)c1cccc(NC(=O)CN(CCO)C2CCC2)c1. The number of nitrogens with one attached hydrogen (secondary N) is 1. The van der Waals surface area contributed by atoms with Gasteiger partial charge >= 0.3 is 0 Å². The van der Waals surface area contributed by atoms with Crippen LogP contribution in [0.5, 0.6) is 0 Å². The lowest BCUT2D eigenvalue weighted by molar-refractivity contribution is -0.118. The second-order valence-electron chi connectivity index (χ2n) is 5.46. The van der Waals surface area contributed by atoms with Crippen molar-refractivity contribution in [3.63, 3.8) is 0 Å². The Balaban J connectivity index is 1.93. The first kappa shape index (κ1) is 15.7. The van der Waals surface area contributed by atoms with Crippen LogP contribution >= 0.6 is 0 Å². The number of benzene rings is 1. The van der Waals surface area contributed by atoms with Crippen LogP contribution in [0.2, 0.25) is 0 Å². The molecular weight excluding hydrogens is 268 g/mol. The average molecular weight is 290 g/mol. The molecule has 21 heavy (non-hydrogen) atoms. The smallest absolute Gasteiger partial charge is 0.238 e. The molecule has 0 saturated heterocycles. The van der Waals surface area contributed by atoms with Crippen molar-refractivity contribution in [1.82, 2.24) is 4.90 Å². The lowest BCUT2D eigenvalue weighted by Gasteiger charge is -2.36. The number of aliphatic hydroxyl groups excluding tert-OH is 1. The van der Waals surface area contributed by atoms with Crippen molar-refractivity contribution in [3.8, 4) is 0 Å². The van der Waals surface area contributed by atoms with E-state index in [1.807, 2.05) is 4.90 Å². The van der Waals surface area contributed by atoms with Crippen molar-refractivity contribution in [3.05, 3.63) is 29.8 Å².